The summed E-state index contributed by atoms with van der Waals surface area (Å²) in [7, 11) is 0. The van der Waals surface area contributed by atoms with Crippen molar-refractivity contribution in [1.29, 1.82) is 0 Å². The van der Waals surface area contributed by atoms with Gasteiger partial charge in [0.2, 0.25) is 5.88 Å². The highest BCUT2D eigenvalue weighted by Gasteiger charge is 2.11. The van der Waals surface area contributed by atoms with Gasteiger partial charge < -0.3 is 10.1 Å². The molecule has 0 aliphatic carbocycles. The van der Waals surface area contributed by atoms with Crippen LogP contribution in [0.2, 0.25) is 5.02 Å². The maximum atomic E-state index is 6.15. The quantitative estimate of drug-likeness (QED) is 0.749. The minimum Gasteiger partial charge on any atom is -0.476 e. The van der Waals surface area contributed by atoms with Gasteiger partial charge in [0.15, 0.2) is 0 Å². The first-order valence-corrected chi connectivity index (χ1v) is 7.87. The maximum Gasteiger partial charge on any atom is 0.213 e. The van der Waals surface area contributed by atoms with Gasteiger partial charge in [0, 0.05) is 25.4 Å². The lowest BCUT2D eigenvalue weighted by Crippen LogP contribution is -2.25. The van der Waals surface area contributed by atoms with Crippen LogP contribution in [0.15, 0.2) is 12.3 Å². The van der Waals surface area contributed by atoms with E-state index in [2.05, 4.69) is 22.1 Å². The van der Waals surface area contributed by atoms with Crippen LogP contribution in [0.3, 0.4) is 0 Å². The van der Waals surface area contributed by atoms with E-state index in [1.807, 2.05) is 6.07 Å². The maximum absolute atomic E-state index is 6.15. The number of ether oxygens (including phenoxy) is 1. The van der Waals surface area contributed by atoms with Gasteiger partial charge in [-0.2, -0.15) is 0 Å². The third-order valence-corrected chi connectivity index (χ3v) is 3.85. The van der Waals surface area contributed by atoms with E-state index in [1.165, 1.54) is 25.9 Å². The Kier molecular flexibility index (Phi) is 6.57. The summed E-state index contributed by atoms with van der Waals surface area (Å²) < 4.78 is 5.73. The number of pyridine rings is 1. The Morgan fingerprint density at radius 1 is 1.40 bits per heavy atom. The van der Waals surface area contributed by atoms with Gasteiger partial charge in [-0.3, -0.25) is 4.90 Å². The van der Waals surface area contributed by atoms with Crippen LogP contribution in [0.25, 0.3) is 0 Å². The number of hydrogen-bond acceptors (Lipinski definition) is 4. The van der Waals surface area contributed by atoms with Crippen molar-refractivity contribution in [3.05, 3.63) is 22.8 Å². The molecule has 0 aromatic carbocycles. The molecule has 20 heavy (non-hydrogen) atoms. The van der Waals surface area contributed by atoms with Gasteiger partial charge >= 0.3 is 0 Å². The second kappa shape index (κ2) is 8.45. The Labute approximate surface area is 126 Å². The second-order valence-corrected chi connectivity index (χ2v) is 5.60. The number of rotatable bonds is 8. The lowest BCUT2D eigenvalue weighted by atomic mass is 10.2. The zero-order valence-corrected chi connectivity index (χ0v) is 13.0. The van der Waals surface area contributed by atoms with E-state index < -0.39 is 0 Å². The smallest absolute Gasteiger partial charge is 0.213 e. The van der Waals surface area contributed by atoms with E-state index in [0.29, 0.717) is 17.5 Å². The first-order valence-electron chi connectivity index (χ1n) is 7.50. The zero-order chi connectivity index (χ0) is 14.2. The Morgan fingerprint density at radius 3 is 2.95 bits per heavy atom. The molecule has 1 aromatic rings. The van der Waals surface area contributed by atoms with Crippen LogP contribution in [-0.2, 0) is 6.54 Å². The van der Waals surface area contributed by atoms with E-state index in [0.717, 1.165) is 31.6 Å². The summed E-state index contributed by atoms with van der Waals surface area (Å²) in [5, 5.41) is 4.04. The second-order valence-electron chi connectivity index (χ2n) is 5.19. The monoisotopic (exact) mass is 297 g/mol. The first-order chi connectivity index (χ1) is 9.79. The standard InChI is InChI=1S/C15H24ClN3O/c1-2-5-17-11-13-10-15(18-12-14(13)16)20-9-8-19-6-3-4-7-19/h10,12,17H,2-9,11H2,1H3. The zero-order valence-electron chi connectivity index (χ0n) is 12.2. The van der Waals surface area contributed by atoms with Gasteiger partial charge in [0.05, 0.1) is 5.02 Å². The van der Waals surface area contributed by atoms with E-state index in [1.54, 1.807) is 6.20 Å². The van der Waals surface area contributed by atoms with Crippen LogP contribution in [-0.4, -0.2) is 42.7 Å². The molecule has 1 aliphatic heterocycles. The van der Waals surface area contributed by atoms with Crippen molar-refractivity contribution in [3.8, 4) is 5.88 Å². The highest BCUT2D eigenvalue weighted by Crippen LogP contribution is 2.19. The number of aromatic nitrogens is 1. The predicted octanol–water partition coefficient (Wildman–Crippen LogP) is 2.71. The molecule has 0 unspecified atom stereocenters. The fourth-order valence-electron chi connectivity index (χ4n) is 2.36. The topological polar surface area (TPSA) is 37.4 Å². The Morgan fingerprint density at radius 2 is 2.20 bits per heavy atom. The molecule has 0 bridgehead atoms. The molecule has 112 valence electrons. The van der Waals surface area contributed by atoms with Crippen LogP contribution < -0.4 is 10.1 Å². The number of likely N-dealkylation sites (tertiary alicyclic amines) is 1. The van der Waals surface area contributed by atoms with Crippen LogP contribution >= 0.6 is 11.6 Å². The molecule has 1 fully saturated rings. The van der Waals surface area contributed by atoms with E-state index >= 15 is 0 Å². The SMILES string of the molecule is CCCNCc1cc(OCCN2CCCC2)ncc1Cl. The highest BCUT2D eigenvalue weighted by atomic mass is 35.5. The predicted molar refractivity (Wildman–Crippen MR) is 82.4 cm³/mol. The Hall–Kier alpha value is -0.840. The fraction of sp³-hybridized carbons (Fsp3) is 0.667. The molecular weight excluding hydrogens is 274 g/mol. The summed E-state index contributed by atoms with van der Waals surface area (Å²) in [6.45, 7) is 7.97. The summed E-state index contributed by atoms with van der Waals surface area (Å²) in [6, 6.07) is 1.94. The minimum atomic E-state index is 0.668. The Bertz CT molecular complexity index is 408. The van der Waals surface area contributed by atoms with Crippen molar-refractivity contribution in [1.82, 2.24) is 15.2 Å². The Balaban J connectivity index is 1.79. The average molecular weight is 298 g/mol. The van der Waals surface area contributed by atoms with Gasteiger partial charge in [0.1, 0.15) is 6.61 Å². The van der Waals surface area contributed by atoms with Crippen LogP contribution in [0.1, 0.15) is 31.7 Å². The van der Waals surface area contributed by atoms with Crippen molar-refractivity contribution in [3.63, 3.8) is 0 Å². The molecule has 4 nitrogen and oxygen atoms in total. The molecule has 1 aromatic heterocycles. The molecule has 2 rings (SSSR count). The molecule has 1 N–H and O–H groups in total. The third kappa shape index (κ3) is 4.93. The minimum absolute atomic E-state index is 0.668. The van der Waals surface area contributed by atoms with Crippen LogP contribution in [0.4, 0.5) is 0 Å². The summed E-state index contributed by atoms with van der Waals surface area (Å²) in [5.74, 6) is 0.668. The number of nitrogens with zero attached hydrogens (tertiary/aromatic N) is 2. The number of nitrogens with one attached hydrogen (secondary N) is 1. The van der Waals surface area contributed by atoms with E-state index in [4.69, 9.17) is 16.3 Å². The molecule has 0 radical (unpaired) electrons. The molecule has 0 atom stereocenters. The number of hydrogen-bond donors (Lipinski definition) is 1. The van der Waals surface area contributed by atoms with Crippen molar-refractivity contribution in [2.24, 2.45) is 0 Å². The van der Waals surface area contributed by atoms with Crippen molar-refractivity contribution in [2.45, 2.75) is 32.7 Å². The van der Waals surface area contributed by atoms with Crippen molar-refractivity contribution >= 4 is 11.6 Å². The average Bonchev–Trinajstić information content (AvgIpc) is 2.95. The molecular formula is C15H24ClN3O. The molecule has 0 spiro atoms. The lowest BCUT2D eigenvalue weighted by Gasteiger charge is -2.15. The largest absolute Gasteiger partial charge is 0.476 e. The van der Waals surface area contributed by atoms with Crippen LogP contribution in [0.5, 0.6) is 5.88 Å². The van der Waals surface area contributed by atoms with E-state index in [-0.39, 0.29) is 0 Å². The molecule has 5 heteroatoms. The first kappa shape index (κ1) is 15.5. The molecule has 2 heterocycles. The van der Waals surface area contributed by atoms with Crippen molar-refractivity contribution in [2.75, 3.05) is 32.8 Å². The fourth-order valence-corrected chi connectivity index (χ4v) is 2.53. The van der Waals surface area contributed by atoms with Gasteiger partial charge in [-0.1, -0.05) is 18.5 Å². The highest BCUT2D eigenvalue weighted by molar-refractivity contribution is 6.31. The van der Waals surface area contributed by atoms with Gasteiger partial charge in [0.25, 0.3) is 0 Å². The third-order valence-electron chi connectivity index (χ3n) is 3.51. The summed E-state index contributed by atoms with van der Waals surface area (Å²) >= 11 is 6.15. The van der Waals surface area contributed by atoms with Crippen molar-refractivity contribution < 1.29 is 4.74 Å². The molecule has 1 saturated heterocycles. The molecule has 1 aliphatic rings. The van der Waals surface area contributed by atoms with E-state index in [9.17, 15) is 0 Å². The molecule has 0 saturated carbocycles. The van der Waals surface area contributed by atoms with Gasteiger partial charge in [-0.15, -0.1) is 0 Å². The summed E-state index contributed by atoms with van der Waals surface area (Å²) in [4.78, 5) is 6.66. The van der Waals surface area contributed by atoms with Crippen LogP contribution in [0, 0.1) is 0 Å². The van der Waals surface area contributed by atoms with Gasteiger partial charge in [-0.25, -0.2) is 4.98 Å². The normalized spacial score (nSPS) is 15.7. The molecule has 0 amide bonds. The number of halogens is 1. The summed E-state index contributed by atoms with van der Waals surface area (Å²) in [5.41, 5.74) is 1.05. The lowest BCUT2D eigenvalue weighted by molar-refractivity contribution is 0.232. The van der Waals surface area contributed by atoms with Gasteiger partial charge in [-0.05, 0) is 44.5 Å². The summed E-state index contributed by atoms with van der Waals surface area (Å²) in [6.07, 6.45) is 5.41.